The Kier molecular flexibility index (Phi) is 16.1. The number of likely N-dealkylation sites (tertiary alicyclic amines) is 2. The van der Waals surface area contributed by atoms with Crippen LogP contribution in [0.5, 0.6) is 5.75 Å². The van der Waals surface area contributed by atoms with Crippen molar-refractivity contribution in [3.8, 4) is 5.75 Å². The number of fused-ring (bicyclic) bond motifs is 14. The molecule has 9 aromatic rings. The molecule has 6 aliphatic heterocycles. The number of ether oxygens (including phenoxy) is 2. The fourth-order valence-corrected chi connectivity index (χ4v) is 16.8. The number of aryl methyl sites for hydroxylation is 1. The number of nitrogens with one attached hydrogen (secondary N) is 3. The molecule has 0 bridgehead atoms. The monoisotopic (exact) mass is 1320 g/mol. The molecule has 3 N–H and O–H groups in total. The van der Waals surface area contributed by atoms with Gasteiger partial charge in [0.15, 0.2) is 5.78 Å². The van der Waals surface area contributed by atoms with Crippen LogP contribution in [0.25, 0.3) is 21.8 Å². The van der Waals surface area contributed by atoms with Gasteiger partial charge in [-0.3, -0.25) is 38.3 Å². The fraction of sp³-hybridized carbons (Fsp3) is 0.329. The van der Waals surface area contributed by atoms with E-state index in [9.17, 15) is 19.2 Å². The minimum absolute atomic E-state index is 0.00362. The summed E-state index contributed by atoms with van der Waals surface area (Å²) < 4.78 is 47.4. The molecule has 3 amide bonds. The summed E-state index contributed by atoms with van der Waals surface area (Å²) in [5, 5.41) is 21.7. The zero-order valence-electron chi connectivity index (χ0n) is 50.9. The molecule has 0 aliphatic carbocycles. The summed E-state index contributed by atoms with van der Waals surface area (Å²) in [5.74, 6) is -2.10. The first-order chi connectivity index (χ1) is 44.5. The van der Waals surface area contributed by atoms with Gasteiger partial charge < -0.3 is 25.4 Å². The summed E-state index contributed by atoms with van der Waals surface area (Å²) in [6.45, 7) is 10.1. The number of rotatable bonds is 15. The molecule has 2 saturated heterocycles. The van der Waals surface area contributed by atoms with Crippen LogP contribution < -0.4 is 20.7 Å². The van der Waals surface area contributed by atoms with E-state index in [4.69, 9.17) is 66.1 Å². The molecule has 92 heavy (non-hydrogen) atoms. The number of aromatic nitrogens is 5. The van der Waals surface area contributed by atoms with Crippen LogP contribution in [0.1, 0.15) is 129 Å². The van der Waals surface area contributed by atoms with Crippen LogP contribution in [-0.4, -0.2) is 103 Å². The van der Waals surface area contributed by atoms with Gasteiger partial charge in [0, 0.05) is 119 Å². The third kappa shape index (κ3) is 9.47. The van der Waals surface area contributed by atoms with E-state index in [-0.39, 0.29) is 56.8 Å². The maximum absolute atomic E-state index is 16.5. The van der Waals surface area contributed by atoms with Gasteiger partial charge in [0.05, 0.1) is 46.4 Å². The molecule has 6 aliphatic rings. The van der Waals surface area contributed by atoms with Crippen molar-refractivity contribution in [1.82, 2.24) is 39.7 Å². The van der Waals surface area contributed by atoms with Crippen molar-refractivity contribution in [3.05, 3.63) is 209 Å². The largest absolute Gasteiger partial charge is 0.494 e. The number of anilines is 2. The lowest BCUT2D eigenvalue weighted by molar-refractivity contribution is -0.128. The van der Waals surface area contributed by atoms with Gasteiger partial charge in [0.1, 0.15) is 39.4 Å². The third-order valence-corrected chi connectivity index (χ3v) is 20.7. The highest BCUT2D eigenvalue weighted by atomic mass is 35.5. The van der Waals surface area contributed by atoms with Gasteiger partial charge in [-0.05, 0) is 116 Å². The predicted octanol–water partition coefficient (Wildman–Crippen LogP) is 13.9. The molecule has 8 atom stereocenters. The van der Waals surface area contributed by atoms with Gasteiger partial charge in [-0.25, -0.2) is 13.8 Å². The number of likely N-dealkylation sites (N-methyl/N-ethyl adjacent to an activating group) is 1. The number of hydrogen-bond acceptors (Lipinski definition) is 11. The summed E-state index contributed by atoms with van der Waals surface area (Å²) >= 11 is 25.5. The van der Waals surface area contributed by atoms with Gasteiger partial charge in [0.25, 0.3) is 11.8 Å². The number of benzene rings is 6. The minimum Gasteiger partial charge on any atom is -0.494 e. The number of Topliss-reactive ketones (excluding diaryl/α,β-unsaturated/α-hetero) is 1. The Bertz CT molecular complexity index is 4540. The maximum atomic E-state index is 16.5. The normalized spacial score (nSPS) is 23.1. The van der Waals surface area contributed by atoms with Crippen LogP contribution in [0, 0.1) is 18.6 Å². The number of unbranched alkanes of at least 4 members (excludes halogenated alkanes) is 1. The number of halogens is 6. The summed E-state index contributed by atoms with van der Waals surface area (Å²) in [4.78, 5) is 63.8. The molecule has 9 heterocycles. The van der Waals surface area contributed by atoms with Gasteiger partial charge in [-0.15, -0.1) is 0 Å². The summed E-state index contributed by atoms with van der Waals surface area (Å²) in [6.07, 6.45) is 3.43. The van der Waals surface area contributed by atoms with Crippen LogP contribution in [0.15, 0.2) is 121 Å². The van der Waals surface area contributed by atoms with Crippen LogP contribution in [-0.2, 0) is 44.8 Å². The van der Waals surface area contributed by atoms with Crippen molar-refractivity contribution in [2.45, 2.75) is 113 Å². The summed E-state index contributed by atoms with van der Waals surface area (Å²) in [7, 11) is 1.58. The molecule has 0 unspecified atom stereocenters. The molecule has 0 saturated carbocycles. The van der Waals surface area contributed by atoms with Gasteiger partial charge in [0.2, 0.25) is 5.91 Å². The number of carbonyl (C=O) groups excluding carboxylic acids is 4. The highest BCUT2D eigenvalue weighted by molar-refractivity contribution is 6.32. The van der Waals surface area contributed by atoms with E-state index in [1.165, 1.54) is 12.1 Å². The highest BCUT2D eigenvalue weighted by Crippen LogP contribution is 2.66. The molecule has 16 nitrogen and oxygen atoms in total. The second kappa shape index (κ2) is 23.9. The Morgan fingerprint density at radius 3 is 2.03 bits per heavy atom. The molecule has 472 valence electrons. The number of ketones is 1. The fourth-order valence-electron chi connectivity index (χ4n) is 16.1. The van der Waals surface area contributed by atoms with E-state index >= 15 is 8.78 Å². The Labute approximate surface area is 549 Å². The first-order valence-corrected chi connectivity index (χ1v) is 32.6. The number of amides is 3. The smallest absolute Gasteiger partial charge is 0.251 e. The molecular weight excluding hydrogens is 1260 g/mol. The van der Waals surface area contributed by atoms with E-state index in [0.717, 1.165) is 57.4 Å². The van der Waals surface area contributed by atoms with Crippen molar-refractivity contribution in [3.63, 3.8) is 0 Å². The first-order valence-electron chi connectivity index (χ1n) is 31.0. The molecule has 22 heteroatoms. The second-order valence-electron chi connectivity index (χ2n) is 24.4. The third-order valence-electron chi connectivity index (χ3n) is 19.7. The highest BCUT2D eigenvalue weighted by Gasteiger charge is 2.71. The Morgan fingerprint density at radius 1 is 0.717 bits per heavy atom. The van der Waals surface area contributed by atoms with Crippen molar-refractivity contribution >= 4 is 103 Å². The van der Waals surface area contributed by atoms with Gasteiger partial charge in [-0.1, -0.05) is 121 Å². The van der Waals surface area contributed by atoms with Crippen LogP contribution in [0.2, 0.25) is 20.2 Å². The average Bonchev–Trinajstić information content (AvgIpc) is 1.51. The van der Waals surface area contributed by atoms with Gasteiger partial charge >= 0.3 is 0 Å². The molecule has 2 fully saturated rings. The summed E-state index contributed by atoms with van der Waals surface area (Å²) in [5.41, 5.74) is 6.26. The molecule has 15 rings (SSSR count). The average molecular weight is 1320 g/mol. The molecule has 3 aromatic heterocycles. The van der Waals surface area contributed by atoms with E-state index in [1.54, 1.807) is 49.6 Å². The van der Waals surface area contributed by atoms with Crippen LogP contribution in [0.4, 0.5) is 20.3 Å². The number of hydrogen-bond donors (Lipinski definition) is 3. The Balaban J connectivity index is 0.000000164. The lowest BCUT2D eigenvalue weighted by Gasteiger charge is -2.40. The van der Waals surface area contributed by atoms with Crippen molar-refractivity contribution < 1.29 is 37.4 Å². The van der Waals surface area contributed by atoms with Crippen molar-refractivity contribution in [2.24, 2.45) is 0 Å². The van der Waals surface area contributed by atoms with E-state index in [1.807, 2.05) is 96.9 Å². The lowest BCUT2D eigenvalue weighted by atomic mass is 9.73. The molecule has 0 radical (unpaired) electrons. The number of methoxy groups -OCH3 is 1. The van der Waals surface area contributed by atoms with Crippen molar-refractivity contribution in [2.75, 3.05) is 44.0 Å². The maximum Gasteiger partial charge on any atom is 0.251 e. The number of nitrogens with zero attached hydrogens (tertiary/aromatic N) is 7. The van der Waals surface area contributed by atoms with E-state index in [0.29, 0.717) is 108 Å². The predicted molar refractivity (Wildman–Crippen MR) is 350 cm³/mol. The van der Waals surface area contributed by atoms with Crippen molar-refractivity contribution in [1.29, 1.82) is 0 Å². The molecule has 6 aromatic carbocycles. The topological polar surface area (TPSA) is 178 Å². The summed E-state index contributed by atoms with van der Waals surface area (Å²) in [6, 6.07) is 34.8. The number of pyridine rings is 1. The lowest BCUT2D eigenvalue weighted by Crippen LogP contribution is -2.52. The van der Waals surface area contributed by atoms with E-state index in [2.05, 4.69) is 37.7 Å². The standard InChI is InChI=1S/C39H36Cl2FN5O4.C31H28Cl2FN5O2/c1-4-51-24-8-5-7-22(16-24)20-46-33-19-32-27-15-21(2)26(37(48)43-13-14-50-3)18-30(27)45-47(32)36(33)34(25-9-6-10-29(41)35(25)42)39(46)28-12-11-23(40)17-31(28)44-38(39)49;1-3-5-9-24(40)16-10-11-17-21(14-16)37-39-22(17)15-23-28(39)26(18-7-6-8-20(32)27(18)34)31(38(23)4-2)19-12-13-25(33)35-29(19)36-30(31)41/h5-12,15-18,33-34,36H,4,13-14,19-20H2,1-3H3,(H,43,48)(H,44,49);6-8,10-14,23,26,28H,3-5,9,15H2,1-2H3,(H,35,36,41)/t33-,34-,36+,39+;23-,26-,28+,31+/m00/s1. The molecular formula is C70H64Cl4F2N10O6. The molecule has 2 spiro atoms. The Morgan fingerprint density at radius 2 is 1.36 bits per heavy atom. The minimum atomic E-state index is -1.36. The SMILES string of the molecule is CCCCC(=O)c1ccc2c3n(nc2c1)[C@@H]1[C@H](C3)N(CC)[C@@]2(C(=O)Nc3nc(Cl)ccc32)[C@H]1c1cccc(Cl)c1F.CCOc1cccc(CN2[C@H]3Cc4c5cc(C)c(C(=O)NCCOC)cc5nn4[C@H]3[C@H](c3cccc(Cl)c3F)[C@]23C(=O)Nc2cc(Cl)ccc23)c1. The Hall–Kier alpha value is -7.81. The zero-order valence-corrected chi connectivity index (χ0v) is 54.0. The first kappa shape index (κ1) is 61.7. The van der Waals surface area contributed by atoms with Gasteiger partial charge in [-0.2, -0.15) is 10.2 Å². The van der Waals surface area contributed by atoms with E-state index < -0.39 is 40.6 Å². The second-order valence-corrected chi connectivity index (χ2v) is 26.0. The quantitative estimate of drug-likeness (QED) is 0.0505. The van der Waals surface area contributed by atoms with Crippen LogP contribution in [0.3, 0.4) is 0 Å². The zero-order chi connectivity index (χ0) is 64.2. The van der Waals surface area contributed by atoms with Crippen LogP contribution >= 0.6 is 46.4 Å². The number of carbonyl (C=O) groups is 4.